The van der Waals surface area contributed by atoms with E-state index >= 15 is 0 Å². The van der Waals surface area contributed by atoms with E-state index in [0.29, 0.717) is 0 Å². The van der Waals surface area contributed by atoms with Crippen molar-refractivity contribution in [3.63, 3.8) is 0 Å². The van der Waals surface area contributed by atoms with Crippen LogP contribution >= 0.6 is 0 Å². The van der Waals surface area contributed by atoms with Crippen LogP contribution in [-0.2, 0) is 19.3 Å². The van der Waals surface area contributed by atoms with Crippen LogP contribution in [-0.4, -0.2) is 0 Å². The van der Waals surface area contributed by atoms with Gasteiger partial charge >= 0.3 is 0 Å². The third kappa shape index (κ3) is 4.05. The van der Waals surface area contributed by atoms with Gasteiger partial charge in [0.2, 0.25) is 0 Å². The maximum absolute atomic E-state index is 2.44. The van der Waals surface area contributed by atoms with Crippen molar-refractivity contribution in [2.75, 3.05) is 0 Å². The third-order valence-corrected chi connectivity index (χ3v) is 5.34. The molecule has 0 saturated heterocycles. The van der Waals surface area contributed by atoms with Crippen molar-refractivity contribution in [3.05, 3.63) is 59.2 Å². The second kappa shape index (κ2) is 7.81. The van der Waals surface area contributed by atoms with Crippen LogP contribution in [0.4, 0.5) is 0 Å². The quantitative estimate of drug-likeness (QED) is 0.564. The average Bonchev–Trinajstić information content (AvgIpc) is 2.60. The van der Waals surface area contributed by atoms with Crippen molar-refractivity contribution in [1.82, 2.24) is 0 Å². The summed E-state index contributed by atoms with van der Waals surface area (Å²) in [5, 5.41) is 0. The lowest BCUT2D eigenvalue weighted by atomic mass is 9.81. The molecule has 0 fully saturated rings. The van der Waals surface area contributed by atoms with Crippen LogP contribution in [0.15, 0.2) is 42.5 Å². The highest BCUT2D eigenvalue weighted by Gasteiger charge is 2.18. The Hall–Kier alpha value is -1.56. The zero-order chi connectivity index (χ0) is 16.1. The van der Waals surface area contributed by atoms with E-state index < -0.39 is 0 Å². The predicted octanol–water partition coefficient (Wildman–Crippen LogP) is 6.60. The summed E-state index contributed by atoms with van der Waals surface area (Å²) in [7, 11) is 0. The van der Waals surface area contributed by atoms with Crippen LogP contribution in [0.1, 0.15) is 62.6 Å². The van der Waals surface area contributed by atoms with Gasteiger partial charge in [-0.3, -0.25) is 0 Å². The molecular formula is C23H30. The van der Waals surface area contributed by atoms with Crippen molar-refractivity contribution in [2.45, 2.75) is 65.2 Å². The number of rotatable bonds is 6. The fourth-order valence-corrected chi connectivity index (χ4v) is 3.91. The molecule has 1 unspecified atom stereocenters. The smallest absolute Gasteiger partial charge is 0.0181 e. The molecule has 0 amide bonds. The van der Waals surface area contributed by atoms with E-state index in [0.717, 1.165) is 5.92 Å². The first-order valence-electron chi connectivity index (χ1n) is 9.51. The van der Waals surface area contributed by atoms with Crippen LogP contribution in [0.2, 0.25) is 0 Å². The van der Waals surface area contributed by atoms with Gasteiger partial charge in [-0.05, 0) is 65.8 Å². The summed E-state index contributed by atoms with van der Waals surface area (Å²) in [6.45, 7) is 4.56. The molecule has 122 valence electrons. The number of hydrogen-bond donors (Lipinski definition) is 0. The third-order valence-electron chi connectivity index (χ3n) is 5.34. The molecular weight excluding hydrogens is 276 g/mol. The minimum Gasteiger partial charge on any atom is -0.0654 e. The molecule has 0 heterocycles. The van der Waals surface area contributed by atoms with Gasteiger partial charge in [0, 0.05) is 0 Å². The fraction of sp³-hybridized carbons (Fsp3) is 0.478. The van der Waals surface area contributed by atoms with Gasteiger partial charge < -0.3 is 0 Å². The molecule has 0 aromatic heterocycles. The molecule has 1 aliphatic rings. The Kier molecular flexibility index (Phi) is 5.54. The summed E-state index contributed by atoms with van der Waals surface area (Å²) in [4.78, 5) is 0. The van der Waals surface area contributed by atoms with E-state index in [4.69, 9.17) is 0 Å². The Morgan fingerprint density at radius 3 is 2.39 bits per heavy atom. The summed E-state index contributed by atoms with van der Waals surface area (Å²) in [6.07, 6.45) is 10.4. The normalized spacial score (nSPS) is 17.0. The van der Waals surface area contributed by atoms with Gasteiger partial charge in [-0.2, -0.15) is 0 Å². The van der Waals surface area contributed by atoms with E-state index in [1.54, 1.807) is 11.1 Å². The van der Waals surface area contributed by atoms with Crippen LogP contribution in [0.5, 0.6) is 0 Å². The monoisotopic (exact) mass is 306 g/mol. The lowest BCUT2D eigenvalue weighted by Crippen LogP contribution is -2.14. The average molecular weight is 306 g/mol. The van der Waals surface area contributed by atoms with Gasteiger partial charge in [0.25, 0.3) is 0 Å². The summed E-state index contributed by atoms with van der Waals surface area (Å²) in [6, 6.07) is 16.4. The largest absolute Gasteiger partial charge is 0.0654 e. The molecule has 0 heteroatoms. The maximum atomic E-state index is 2.44. The van der Waals surface area contributed by atoms with Gasteiger partial charge in [0.15, 0.2) is 0 Å². The highest BCUT2D eigenvalue weighted by molar-refractivity contribution is 5.65. The first-order valence-corrected chi connectivity index (χ1v) is 9.51. The van der Waals surface area contributed by atoms with Crippen molar-refractivity contribution < 1.29 is 0 Å². The molecule has 0 nitrogen and oxygen atoms in total. The molecule has 2 aromatic rings. The van der Waals surface area contributed by atoms with E-state index in [9.17, 15) is 0 Å². The standard InChI is InChI=1S/C23H30/c1-3-5-7-18-8-11-20(12-9-18)22-15-14-21-16-19(6-4-2)10-13-23(21)17-22/h8-9,11-12,14-15,17,19H,3-7,10,13,16H2,1-2H3. The first-order chi connectivity index (χ1) is 11.3. The van der Waals surface area contributed by atoms with E-state index in [2.05, 4.69) is 56.3 Å². The highest BCUT2D eigenvalue weighted by atomic mass is 14.2. The Labute approximate surface area is 141 Å². The molecule has 0 aliphatic heterocycles. The van der Waals surface area contributed by atoms with Crippen molar-refractivity contribution >= 4 is 0 Å². The summed E-state index contributed by atoms with van der Waals surface area (Å²) in [5.74, 6) is 0.913. The number of aryl methyl sites for hydroxylation is 2. The first kappa shape index (κ1) is 16.3. The van der Waals surface area contributed by atoms with E-state index in [1.165, 1.54) is 68.1 Å². The van der Waals surface area contributed by atoms with Crippen LogP contribution in [0.3, 0.4) is 0 Å². The second-order valence-corrected chi connectivity index (χ2v) is 7.18. The fourth-order valence-electron chi connectivity index (χ4n) is 3.91. The number of fused-ring (bicyclic) bond motifs is 1. The molecule has 3 rings (SSSR count). The number of benzene rings is 2. The van der Waals surface area contributed by atoms with Gasteiger partial charge in [-0.25, -0.2) is 0 Å². The van der Waals surface area contributed by atoms with Crippen molar-refractivity contribution in [2.24, 2.45) is 5.92 Å². The molecule has 1 atom stereocenters. The summed E-state index contributed by atoms with van der Waals surface area (Å²) < 4.78 is 0. The van der Waals surface area contributed by atoms with Gasteiger partial charge in [-0.1, -0.05) is 75.6 Å². The lowest BCUT2D eigenvalue weighted by Gasteiger charge is -2.25. The minimum absolute atomic E-state index is 0.913. The Balaban J connectivity index is 1.74. The van der Waals surface area contributed by atoms with Crippen molar-refractivity contribution in [3.8, 4) is 11.1 Å². The van der Waals surface area contributed by atoms with Gasteiger partial charge in [0.05, 0.1) is 0 Å². The lowest BCUT2D eigenvalue weighted by molar-refractivity contribution is 0.423. The molecule has 0 radical (unpaired) electrons. The topological polar surface area (TPSA) is 0 Å². The summed E-state index contributed by atoms with van der Waals surface area (Å²) in [5.41, 5.74) is 7.40. The Morgan fingerprint density at radius 2 is 1.65 bits per heavy atom. The van der Waals surface area contributed by atoms with Gasteiger partial charge in [-0.15, -0.1) is 0 Å². The predicted molar refractivity (Wildman–Crippen MR) is 101 cm³/mol. The van der Waals surface area contributed by atoms with Crippen LogP contribution < -0.4 is 0 Å². The zero-order valence-corrected chi connectivity index (χ0v) is 14.8. The number of hydrogen-bond acceptors (Lipinski definition) is 0. The molecule has 1 aliphatic carbocycles. The SMILES string of the molecule is CCCCc1ccc(-c2ccc3c(c2)CCC(CCC)C3)cc1. The molecule has 0 saturated carbocycles. The Morgan fingerprint density at radius 1 is 0.870 bits per heavy atom. The van der Waals surface area contributed by atoms with Crippen molar-refractivity contribution in [1.29, 1.82) is 0 Å². The van der Waals surface area contributed by atoms with E-state index in [-0.39, 0.29) is 0 Å². The zero-order valence-electron chi connectivity index (χ0n) is 14.8. The second-order valence-electron chi connectivity index (χ2n) is 7.18. The highest BCUT2D eigenvalue weighted by Crippen LogP contribution is 2.31. The van der Waals surface area contributed by atoms with Gasteiger partial charge in [0.1, 0.15) is 0 Å². The molecule has 0 N–H and O–H groups in total. The summed E-state index contributed by atoms with van der Waals surface area (Å²) >= 11 is 0. The molecule has 0 spiro atoms. The Bertz CT molecular complexity index is 621. The van der Waals surface area contributed by atoms with Crippen LogP contribution in [0.25, 0.3) is 11.1 Å². The molecule has 23 heavy (non-hydrogen) atoms. The maximum Gasteiger partial charge on any atom is -0.0181 e. The van der Waals surface area contributed by atoms with Crippen LogP contribution in [0, 0.1) is 5.92 Å². The number of unbranched alkanes of at least 4 members (excludes halogenated alkanes) is 1. The minimum atomic E-state index is 0.913. The molecule has 0 bridgehead atoms. The van der Waals surface area contributed by atoms with E-state index in [1.807, 2.05) is 0 Å². The molecule has 2 aromatic carbocycles.